The summed E-state index contributed by atoms with van der Waals surface area (Å²) in [5.74, 6) is -0.149. The van der Waals surface area contributed by atoms with Crippen molar-refractivity contribution in [2.45, 2.75) is 25.5 Å². The number of benzene rings is 1. The van der Waals surface area contributed by atoms with Crippen molar-refractivity contribution < 1.29 is 9.53 Å². The predicted octanol–water partition coefficient (Wildman–Crippen LogP) is 1.91. The maximum Gasteiger partial charge on any atom is 0.316 e. The predicted molar refractivity (Wildman–Crippen MR) is 103 cm³/mol. The van der Waals surface area contributed by atoms with E-state index in [1.807, 2.05) is 6.07 Å². The van der Waals surface area contributed by atoms with E-state index in [4.69, 9.17) is 16.3 Å². The third-order valence-electron chi connectivity index (χ3n) is 4.64. The molecule has 1 atom stereocenters. The van der Waals surface area contributed by atoms with Gasteiger partial charge in [0.05, 0.1) is 41.2 Å². The Balaban J connectivity index is 1.44. The van der Waals surface area contributed by atoms with Crippen LogP contribution in [-0.4, -0.2) is 49.5 Å². The van der Waals surface area contributed by atoms with Gasteiger partial charge < -0.3 is 9.64 Å². The molecule has 1 fully saturated rings. The van der Waals surface area contributed by atoms with E-state index in [1.54, 1.807) is 23.1 Å². The maximum absolute atomic E-state index is 12.7. The first-order valence-corrected chi connectivity index (χ1v) is 9.34. The molecule has 2 aromatic heterocycles. The number of hydrogen-bond acceptors (Lipinski definition) is 6. The quantitative estimate of drug-likeness (QED) is 0.665. The monoisotopic (exact) mass is 399 g/mol. The lowest BCUT2D eigenvalue weighted by Crippen LogP contribution is -2.46. The largest absolute Gasteiger partial charge is 0.458 e. The second kappa shape index (κ2) is 7.93. The number of nitrogens with zero attached hydrogens (tertiary/aromatic N) is 5. The zero-order valence-electron chi connectivity index (χ0n) is 15.0. The Kier molecular flexibility index (Phi) is 5.21. The molecule has 3 heterocycles. The van der Waals surface area contributed by atoms with Crippen LogP contribution in [0.4, 0.5) is 0 Å². The minimum atomic E-state index is -0.224. The van der Waals surface area contributed by atoms with Crippen LogP contribution >= 0.6 is 11.6 Å². The number of aromatic nitrogens is 4. The second-order valence-corrected chi connectivity index (χ2v) is 7.04. The summed E-state index contributed by atoms with van der Waals surface area (Å²) in [7, 11) is 0. The van der Waals surface area contributed by atoms with E-state index in [-0.39, 0.29) is 30.1 Å². The lowest BCUT2D eigenvalue weighted by atomic mass is 10.1. The molecule has 3 aromatic rings. The molecule has 1 aromatic carbocycles. The van der Waals surface area contributed by atoms with Crippen molar-refractivity contribution in [3.8, 4) is 6.01 Å². The van der Waals surface area contributed by atoms with Crippen LogP contribution in [-0.2, 0) is 11.3 Å². The summed E-state index contributed by atoms with van der Waals surface area (Å²) in [6, 6.07) is 7.32. The number of ether oxygens (including phenoxy) is 1. The van der Waals surface area contributed by atoms with Crippen LogP contribution in [0.5, 0.6) is 6.01 Å². The van der Waals surface area contributed by atoms with E-state index in [9.17, 15) is 9.59 Å². The van der Waals surface area contributed by atoms with Gasteiger partial charge in [-0.2, -0.15) is 0 Å². The lowest BCUT2D eigenvalue weighted by Gasteiger charge is -2.32. The summed E-state index contributed by atoms with van der Waals surface area (Å²) in [5.41, 5.74) is 0.393. The molecular formula is C19H18ClN5O3. The maximum atomic E-state index is 12.7. The number of halogens is 1. The third kappa shape index (κ3) is 3.96. The highest BCUT2D eigenvalue weighted by atomic mass is 35.5. The molecule has 0 saturated carbocycles. The van der Waals surface area contributed by atoms with Crippen LogP contribution in [0.25, 0.3) is 10.9 Å². The first-order valence-electron chi connectivity index (χ1n) is 8.96. The Hall–Kier alpha value is -3.00. The fraction of sp³-hybridized carbons (Fsp3) is 0.316. The lowest BCUT2D eigenvalue weighted by molar-refractivity contribution is -0.134. The number of hydrogen-bond donors (Lipinski definition) is 0. The fourth-order valence-corrected chi connectivity index (χ4v) is 3.33. The molecule has 0 unspecified atom stereocenters. The van der Waals surface area contributed by atoms with Gasteiger partial charge in [0.25, 0.3) is 5.56 Å². The highest BCUT2D eigenvalue weighted by molar-refractivity contribution is 6.30. The molecule has 144 valence electrons. The molecule has 1 aliphatic rings. The molecule has 0 aliphatic carbocycles. The Morgan fingerprint density at radius 2 is 2.00 bits per heavy atom. The molecular weight excluding hydrogens is 382 g/mol. The van der Waals surface area contributed by atoms with Crippen LogP contribution in [0.15, 0.2) is 47.8 Å². The summed E-state index contributed by atoms with van der Waals surface area (Å²) in [6.07, 6.45) is 5.75. The van der Waals surface area contributed by atoms with Crippen LogP contribution in [0, 0.1) is 0 Å². The smallest absolute Gasteiger partial charge is 0.316 e. The van der Waals surface area contributed by atoms with Gasteiger partial charge in [0.15, 0.2) is 0 Å². The standard InChI is InChI=1S/C19H18ClN5O3/c20-13-8-21-19(22-9-13)28-14-4-3-7-24(10-14)17(26)11-25-12-23-16-6-2-1-5-15(16)18(25)27/h1-2,5-6,8-9,12,14H,3-4,7,10-11H2/t14-/m0/s1. The number of piperidine rings is 1. The number of amides is 1. The van der Waals surface area contributed by atoms with Crippen molar-refractivity contribution in [2.75, 3.05) is 13.1 Å². The first kappa shape index (κ1) is 18.4. The number of carbonyl (C=O) groups excluding carboxylic acids is 1. The van der Waals surface area contributed by atoms with Gasteiger partial charge in [-0.15, -0.1) is 0 Å². The molecule has 0 radical (unpaired) electrons. The van der Waals surface area contributed by atoms with Crippen molar-refractivity contribution in [1.29, 1.82) is 0 Å². The molecule has 1 saturated heterocycles. The molecule has 8 nitrogen and oxygen atoms in total. The Labute approximate surface area is 165 Å². The average Bonchev–Trinajstić information content (AvgIpc) is 2.72. The average molecular weight is 400 g/mol. The summed E-state index contributed by atoms with van der Waals surface area (Å²) in [4.78, 5) is 39.3. The van der Waals surface area contributed by atoms with E-state index in [0.29, 0.717) is 29.0 Å². The van der Waals surface area contributed by atoms with Crippen LogP contribution in [0.2, 0.25) is 5.02 Å². The molecule has 1 aliphatic heterocycles. The van der Waals surface area contributed by atoms with Gasteiger partial charge in [-0.3, -0.25) is 14.2 Å². The zero-order valence-corrected chi connectivity index (χ0v) is 15.7. The van der Waals surface area contributed by atoms with E-state index in [0.717, 1.165) is 12.8 Å². The van der Waals surface area contributed by atoms with E-state index < -0.39 is 0 Å². The van der Waals surface area contributed by atoms with Gasteiger partial charge in [0.2, 0.25) is 5.91 Å². The molecule has 0 N–H and O–H groups in total. The van der Waals surface area contributed by atoms with Crippen molar-refractivity contribution in [1.82, 2.24) is 24.4 Å². The molecule has 0 bridgehead atoms. The summed E-state index contributed by atoms with van der Waals surface area (Å²) in [6.45, 7) is 0.983. The number of rotatable bonds is 4. The summed E-state index contributed by atoms with van der Waals surface area (Å²) < 4.78 is 7.11. The number of para-hydroxylation sites is 1. The number of carbonyl (C=O) groups is 1. The Morgan fingerprint density at radius 1 is 1.21 bits per heavy atom. The molecule has 4 rings (SSSR count). The van der Waals surface area contributed by atoms with E-state index in [1.165, 1.54) is 23.3 Å². The Bertz CT molecular complexity index is 1050. The highest BCUT2D eigenvalue weighted by Crippen LogP contribution is 2.16. The highest BCUT2D eigenvalue weighted by Gasteiger charge is 2.26. The van der Waals surface area contributed by atoms with Crippen LogP contribution in [0.3, 0.4) is 0 Å². The van der Waals surface area contributed by atoms with Gasteiger partial charge in [0.1, 0.15) is 12.6 Å². The minimum absolute atomic E-state index is 0.0547. The normalized spacial score (nSPS) is 16.9. The SMILES string of the molecule is O=C(Cn1cnc2ccccc2c1=O)N1CCC[C@H](Oc2ncc(Cl)cn2)C1. The van der Waals surface area contributed by atoms with Crippen molar-refractivity contribution in [2.24, 2.45) is 0 Å². The van der Waals surface area contributed by atoms with Crippen molar-refractivity contribution in [3.63, 3.8) is 0 Å². The molecule has 28 heavy (non-hydrogen) atoms. The minimum Gasteiger partial charge on any atom is -0.458 e. The fourth-order valence-electron chi connectivity index (χ4n) is 3.24. The zero-order chi connectivity index (χ0) is 19.5. The first-order chi connectivity index (χ1) is 13.6. The van der Waals surface area contributed by atoms with Crippen molar-refractivity contribution >= 4 is 28.4 Å². The van der Waals surface area contributed by atoms with E-state index >= 15 is 0 Å². The van der Waals surface area contributed by atoms with Gasteiger partial charge in [-0.05, 0) is 25.0 Å². The van der Waals surface area contributed by atoms with Gasteiger partial charge >= 0.3 is 6.01 Å². The van der Waals surface area contributed by atoms with Gasteiger partial charge in [-0.1, -0.05) is 23.7 Å². The Morgan fingerprint density at radius 3 is 2.82 bits per heavy atom. The number of fused-ring (bicyclic) bond motifs is 1. The number of likely N-dealkylation sites (tertiary alicyclic amines) is 1. The topological polar surface area (TPSA) is 90.2 Å². The van der Waals surface area contributed by atoms with Crippen molar-refractivity contribution in [3.05, 3.63) is 58.4 Å². The second-order valence-electron chi connectivity index (χ2n) is 6.60. The molecule has 0 spiro atoms. The van der Waals surface area contributed by atoms with Gasteiger partial charge in [-0.25, -0.2) is 15.0 Å². The molecule has 1 amide bonds. The van der Waals surface area contributed by atoms with Gasteiger partial charge in [0, 0.05) is 6.54 Å². The third-order valence-corrected chi connectivity index (χ3v) is 4.83. The summed E-state index contributed by atoms with van der Waals surface area (Å²) in [5, 5.41) is 0.930. The molecule has 9 heteroatoms. The summed E-state index contributed by atoms with van der Waals surface area (Å²) >= 11 is 5.78. The van der Waals surface area contributed by atoms with E-state index in [2.05, 4.69) is 15.0 Å². The van der Waals surface area contributed by atoms with Crippen LogP contribution in [0.1, 0.15) is 12.8 Å². The van der Waals surface area contributed by atoms with Crippen LogP contribution < -0.4 is 10.3 Å².